The highest BCUT2D eigenvalue weighted by Crippen LogP contribution is 2.30. The molecule has 0 bridgehead atoms. The van der Waals surface area contributed by atoms with Crippen molar-refractivity contribution in [2.24, 2.45) is 0 Å². The fourth-order valence-electron chi connectivity index (χ4n) is 1.72. The molecule has 2 rings (SSSR count). The summed E-state index contributed by atoms with van der Waals surface area (Å²) in [4.78, 5) is 10.6. The lowest BCUT2D eigenvalue weighted by Crippen LogP contribution is -2.16. The first-order valence-corrected chi connectivity index (χ1v) is 6.07. The van der Waals surface area contributed by atoms with E-state index in [0.717, 1.165) is 18.2 Å². The number of benzene rings is 2. The standard InChI is InChI=1S/C15H10F4O3/c1-9-6-10(8-20)13(16)7-14(9)21-11-2-4-12(5-3-11)22-15(17,18)19/h2-8H,1H3. The van der Waals surface area contributed by atoms with Crippen molar-refractivity contribution < 1.29 is 31.8 Å². The molecule has 0 amide bonds. The van der Waals surface area contributed by atoms with E-state index in [4.69, 9.17) is 4.74 Å². The zero-order valence-electron chi connectivity index (χ0n) is 11.3. The molecule has 0 radical (unpaired) electrons. The minimum atomic E-state index is -4.77. The second-order valence-electron chi connectivity index (χ2n) is 4.38. The topological polar surface area (TPSA) is 35.5 Å². The molecule has 0 saturated heterocycles. The molecule has 0 aliphatic rings. The molecule has 2 aromatic carbocycles. The molecule has 0 aliphatic carbocycles. The Morgan fingerprint density at radius 3 is 2.18 bits per heavy atom. The van der Waals surface area contributed by atoms with E-state index in [1.807, 2.05) is 0 Å². The van der Waals surface area contributed by atoms with Crippen LogP contribution < -0.4 is 9.47 Å². The number of aldehydes is 1. The van der Waals surface area contributed by atoms with Gasteiger partial charge in [0.25, 0.3) is 0 Å². The van der Waals surface area contributed by atoms with Crippen molar-refractivity contribution in [3.63, 3.8) is 0 Å². The van der Waals surface area contributed by atoms with E-state index in [1.165, 1.54) is 18.2 Å². The zero-order chi connectivity index (χ0) is 16.3. The van der Waals surface area contributed by atoms with E-state index in [9.17, 15) is 22.4 Å². The number of ether oxygens (including phenoxy) is 2. The lowest BCUT2D eigenvalue weighted by Gasteiger charge is -2.11. The highest BCUT2D eigenvalue weighted by molar-refractivity contribution is 5.76. The van der Waals surface area contributed by atoms with E-state index < -0.39 is 12.2 Å². The summed E-state index contributed by atoms with van der Waals surface area (Å²) in [6, 6.07) is 7.03. The van der Waals surface area contributed by atoms with Gasteiger partial charge in [-0.3, -0.25) is 4.79 Å². The molecule has 0 unspecified atom stereocenters. The lowest BCUT2D eigenvalue weighted by molar-refractivity contribution is -0.274. The molecule has 0 fully saturated rings. The van der Waals surface area contributed by atoms with Gasteiger partial charge in [-0.05, 0) is 42.8 Å². The normalized spacial score (nSPS) is 11.1. The molecule has 0 atom stereocenters. The van der Waals surface area contributed by atoms with Gasteiger partial charge in [-0.2, -0.15) is 0 Å². The van der Waals surface area contributed by atoms with E-state index in [2.05, 4.69) is 4.74 Å². The van der Waals surface area contributed by atoms with Crippen molar-refractivity contribution in [3.8, 4) is 17.2 Å². The molecule has 0 spiro atoms. The maximum absolute atomic E-state index is 13.5. The third-order valence-electron chi connectivity index (χ3n) is 2.71. The predicted octanol–water partition coefficient (Wildman–Crippen LogP) is 4.64. The number of hydrogen-bond donors (Lipinski definition) is 0. The fourth-order valence-corrected chi connectivity index (χ4v) is 1.72. The van der Waals surface area contributed by atoms with Crippen LogP contribution in [0.25, 0.3) is 0 Å². The highest BCUT2D eigenvalue weighted by atomic mass is 19.4. The summed E-state index contributed by atoms with van der Waals surface area (Å²) >= 11 is 0. The first-order chi connectivity index (χ1) is 10.3. The smallest absolute Gasteiger partial charge is 0.457 e. The Balaban J connectivity index is 2.18. The van der Waals surface area contributed by atoms with Crippen LogP contribution in [0.15, 0.2) is 36.4 Å². The van der Waals surface area contributed by atoms with E-state index >= 15 is 0 Å². The Labute approximate surface area is 123 Å². The minimum absolute atomic E-state index is 0.0984. The Kier molecular flexibility index (Phi) is 4.35. The number of aryl methyl sites for hydroxylation is 1. The van der Waals surface area contributed by atoms with E-state index in [-0.39, 0.29) is 22.8 Å². The summed E-state index contributed by atoms with van der Waals surface area (Å²) in [5.41, 5.74) is 0.415. The Hall–Kier alpha value is -2.57. The SMILES string of the molecule is Cc1cc(C=O)c(F)cc1Oc1ccc(OC(F)(F)F)cc1. The Morgan fingerprint density at radius 1 is 1.05 bits per heavy atom. The second-order valence-corrected chi connectivity index (χ2v) is 4.38. The molecule has 2 aromatic rings. The van der Waals surface area contributed by atoms with Gasteiger partial charge in [0.15, 0.2) is 6.29 Å². The van der Waals surface area contributed by atoms with Gasteiger partial charge in [-0.25, -0.2) is 4.39 Å². The van der Waals surface area contributed by atoms with Gasteiger partial charge >= 0.3 is 6.36 Å². The first kappa shape index (κ1) is 15.8. The second kappa shape index (κ2) is 6.05. The average molecular weight is 314 g/mol. The van der Waals surface area contributed by atoms with E-state index in [1.54, 1.807) is 6.92 Å². The predicted molar refractivity (Wildman–Crippen MR) is 69.7 cm³/mol. The van der Waals surface area contributed by atoms with Crippen molar-refractivity contribution in [2.75, 3.05) is 0 Å². The quantitative estimate of drug-likeness (QED) is 0.609. The van der Waals surface area contributed by atoms with Crippen LogP contribution >= 0.6 is 0 Å². The van der Waals surface area contributed by atoms with Crippen LogP contribution in [0.4, 0.5) is 17.6 Å². The van der Waals surface area contributed by atoms with Crippen molar-refractivity contribution in [1.82, 2.24) is 0 Å². The van der Waals surface area contributed by atoms with Crippen molar-refractivity contribution in [2.45, 2.75) is 13.3 Å². The van der Waals surface area contributed by atoms with Gasteiger partial charge in [0.2, 0.25) is 0 Å². The van der Waals surface area contributed by atoms with Gasteiger partial charge in [0, 0.05) is 6.07 Å². The molecule has 0 saturated carbocycles. The Morgan fingerprint density at radius 2 is 1.64 bits per heavy atom. The summed E-state index contributed by atoms with van der Waals surface area (Å²) in [6.45, 7) is 1.61. The number of hydrogen-bond acceptors (Lipinski definition) is 3. The van der Waals surface area contributed by atoms with Crippen LogP contribution in [-0.4, -0.2) is 12.6 Å². The van der Waals surface area contributed by atoms with Crippen LogP contribution in [0.5, 0.6) is 17.2 Å². The molecular formula is C15H10F4O3. The third-order valence-corrected chi connectivity index (χ3v) is 2.71. The summed E-state index contributed by atoms with van der Waals surface area (Å²) in [5, 5.41) is 0. The molecular weight excluding hydrogens is 304 g/mol. The van der Waals surface area contributed by atoms with Gasteiger partial charge in [-0.1, -0.05) is 0 Å². The molecule has 116 valence electrons. The van der Waals surface area contributed by atoms with Crippen LogP contribution in [-0.2, 0) is 0 Å². The summed E-state index contributed by atoms with van der Waals surface area (Å²) in [5.74, 6) is -0.768. The molecule has 7 heteroatoms. The molecule has 0 heterocycles. The summed E-state index contributed by atoms with van der Waals surface area (Å²) in [6.07, 6.45) is -4.39. The van der Waals surface area contributed by atoms with Crippen molar-refractivity contribution >= 4 is 6.29 Å². The number of halogens is 4. The number of carbonyl (C=O) groups is 1. The molecule has 22 heavy (non-hydrogen) atoms. The molecule has 3 nitrogen and oxygen atoms in total. The van der Waals surface area contributed by atoms with E-state index in [0.29, 0.717) is 11.8 Å². The number of carbonyl (C=O) groups excluding carboxylic acids is 1. The summed E-state index contributed by atoms with van der Waals surface area (Å²) < 4.78 is 58.7. The first-order valence-electron chi connectivity index (χ1n) is 6.07. The maximum Gasteiger partial charge on any atom is 0.573 e. The van der Waals surface area contributed by atoms with Crippen molar-refractivity contribution in [3.05, 3.63) is 53.3 Å². The van der Waals surface area contributed by atoms with Crippen molar-refractivity contribution in [1.29, 1.82) is 0 Å². The zero-order valence-corrected chi connectivity index (χ0v) is 11.3. The molecule has 0 aromatic heterocycles. The van der Waals surface area contributed by atoms with Gasteiger partial charge in [-0.15, -0.1) is 13.2 Å². The van der Waals surface area contributed by atoms with Gasteiger partial charge < -0.3 is 9.47 Å². The fraction of sp³-hybridized carbons (Fsp3) is 0.133. The lowest BCUT2D eigenvalue weighted by atomic mass is 10.1. The highest BCUT2D eigenvalue weighted by Gasteiger charge is 2.30. The Bertz CT molecular complexity index is 678. The molecule has 0 aliphatic heterocycles. The van der Waals surface area contributed by atoms with Crippen LogP contribution in [0.2, 0.25) is 0 Å². The summed E-state index contributed by atoms with van der Waals surface area (Å²) in [7, 11) is 0. The minimum Gasteiger partial charge on any atom is -0.457 e. The average Bonchev–Trinajstić information content (AvgIpc) is 2.43. The van der Waals surface area contributed by atoms with Gasteiger partial charge in [0.1, 0.15) is 23.1 Å². The van der Waals surface area contributed by atoms with Crippen LogP contribution in [0.1, 0.15) is 15.9 Å². The monoisotopic (exact) mass is 314 g/mol. The number of rotatable bonds is 4. The number of alkyl halides is 3. The van der Waals surface area contributed by atoms with Crippen LogP contribution in [0.3, 0.4) is 0 Å². The maximum atomic E-state index is 13.5. The largest absolute Gasteiger partial charge is 0.573 e. The van der Waals surface area contributed by atoms with Crippen LogP contribution in [0, 0.1) is 12.7 Å². The molecule has 0 N–H and O–H groups in total. The third kappa shape index (κ3) is 3.97. The van der Waals surface area contributed by atoms with Gasteiger partial charge in [0.05, 0.1) is 5.56 Å².